The van der Waals surface area contributed by atoms with Gasteiger partial charge in [0.1, 0.15) is 6.07 Å². The van der Waals surface area contributed by atoms with Gasteiger partial charge in [-0.3, -0.25) is 14.9 Å². The third kappa shape index (κ3) is 4.86. The van der Waals surface area contributed by atoms with E-state index < -0.39 is 23.4 Å². The van der Waals surface area contributed by atoms with Gasteiger partial charge in [0.25, 0.3) is 11.6 Å². The fourth-order valence-corrected chi connectivity index (χ4v) is 2.40. The van der Waals surface area contributed by atoms with Gasteiger partial charge in [0.2, 0.25) is 6.79 Å². The average Bonchev–Trinajstić information content (AvgIpc) is 3.18. The highest BCUT2D eigenvalue weighted by atomic mass is 16.7. The predicted molar refractivity (Wildman–Crippen MR) is 99.0 cm³/mol. The number of nitro groups is 1. The van der Waals surface area contributed by atoms with Gasteiger partial charge in [-0.05, 0) is 29.8 Å². The zero-order chi connectivity index (χ0) is 20.8. The van der Waals surface area contributed by atoms with Gasteiger partial charge in [-0.1, -0.05) is 6.07 Å². The van der Waals surface area contributed by atoms with Crippen LogP contribution >= 0.6 is 0 Å². The number of esters is 1. The van der Waals surface area contributed by atoms with Gasteiger partial charge in [-0.25, -0.2) is 4.79 Å². The first kappa shape index (κ1) is 19.4. The first-order valence-electron chi connectivity index (χ1n) is 8.19. The average molecular weight is 395 g/mol. The number of amides is 1. The molecule has 146 valence electrons. The number of carbonyl (C=O) groups excluding carboxylic acids is 2. The third-order valence-corrected chi connectivity index (χ3v) is 3.76. The largest absolute Gasteiger partial charge is 0.454 e. The van der Waals surface area contributed by atoms with E-state index in [2.05, 4.69) is 5.32 Å². The number of carbonyl (C=O) groups is 2. The molecule has 0 fully saturated rings. The van der Waals surface area contributed by atoms with Crippen LogP contribution in [0.4, 0.5) is 11.4 Å². The topological polar surface area (TPSA) is 141 Å². The number of nitrogens with one attached hydrogen (secondary N) is 1. The highest BCUT2D eigenvalue weighted by Crippen LogP contribution is 2.32. The van der Waals surface area contributed by atoms with E-state index in [1.807, 2.05) is 0 Å². The fourth-order valence-electron chi connectivity index (χ4n) is 2.40. The molecule has 0 bridgehead atoms. The van der Waals surface area contributed by atoms with Crippen LogP contribution in [0.25, 0.3) is 6.08 Å². The molecule has 0 saturated carbocycles. The highest BCUT2D eigenvalue weighted by Gasteiger charge is 2.14. The Bertz CT molecular complexity index is 1060. The number of nitriles is 1. The van der Waals surface area contributed by atoms with Gasteiger partial charge in [0.05, 0.1) is 16.2 Å². The highest BCUT2D eigenvalue weighted by molar-refractivity contribution is 5.95. The summed E-state index contributed by atoms with van der Waals surface area (Å²) >= 11 is 0. The van der Waals surface area contributed by atoms with E-state index in [9.17, 15) is 19.7 Å². The van der Waals surface area contributed by atoms with E-state index in [1.165, 1.54) is 12.1 Å². The molecule has 0 aliphatic carbocycles. The summed E-state index contributed by atoms with van der Waals surface area (Å²) in [4.78, 5) is 33.8. The van der Waals surface area contributed by atoms with E-state index in [0.29, 0.717) is 17.1 Å². The summed E-state index contributed by atoms with van der Waals surface area (Å²) in [6, 6.07) is 10.3. The van der Waals surface area contributed by atoms with Crippen molar-refractivity contribution in [3.05, 3.63) is 63.7 Å². The molecular weight excluding hydrogens is 382 g/mol. The predicted octanol–water partition coefficient (Wildman–Crippen LogP) is 2.39. The van der Waals surface area contributed by atoms with Gasteiger partial charge in [0.15, 0.2) is 18.1 Å². The van der Waals surface area contributed by atoms with E-state index in [0.717, 1.165) is 18.2 Å². The number of hydrogen-bond donors (Lipinski definition) is 1. The molecule has 1 aliphatic rings. The summed E-state index contributed by atoms with van der Waals surface area (Å²) in [6.45, 7) is -0.450. The summed E-state index contributed by atoms with van der Waals surface area (Å²) in [6.07, 6.45) is 2.64. The minimum Gasteiger partial charge on any atom is -0.454 e. The van der Waals surface area contributed by atoms with Crippen LogP contribution in [0, 0.1) is 21.4 Å². The second-order valence-electron chi connectivity index (χ2n) is 5.70. The Morgan fingerprint density at radius 2 is 2.03 bits per heavy atom. The summed E-state index contributed by atoms with van der Waals surface area (Å²) < 4.78 is 15.3. The molecule has 10 heteroatoms. The molecular formula is C19H13N3O7. The quantitative estimate of drug-likeness (QED) is 0.340. The Balaban J connectivity index is 1.53. The lowest BCUT2D eigenvalue weighted by atomic mass is 10.1. The summed E-state index contributed by atoms with van der Waals surface area (Å²) in [5.41, 5.74) is 0.399. The van der Waals surface area contributed by atoms with Crippen molar-refractivity contribution in [2.45, 2.75) is 0 Å². The van der Waals surface area contributed by atoms with Crippen molar-refractivity contribution in [2.75, 3.05) is 18.7 Å². The van der Waals surface area contributed by atoms with Gasteiger partial charge >= 0.3 is 5.97 Å². The summed E-state index contributed by atoms with van der Waals surface area (Å²) in [5, 5.41) is 22.2. The lowest BCUT2D eigenvalue weighted by Crippen LogP contribution is -2.20. The van der Waals surface area contributed by atoms with Crippen LogP contribution in [0.5, 0.6) is 11.5 Å². The van der Waals surface area contributed by atoms with E-state index >= 15 is 0 Å². The molecule has 2 aromatic rings. The molecule has 2 aromatic carbocycles. The third-order valence-electron chi connectivity index (χ3n) is 3.76. The van der Waals surface area contributed by atoms with Crippen LogP contribution in [-0.2, 0) is 14.3 Å². The number of nitro benzene ring substituents is 1. The number of rotatable bonds is 6. The molecule has 1 amide bonds. The lowest BCUT2D eigenvalue weighted by Gasteiger charge is -2.07. The Morgan fingerprint density at radius 1 is 1.24 bits per heavy atom. The van der Waals surface area contributed by atoms with Crippen molar-refractivity contribution in [1.29, 1.82) is 5.26 Å². The number of fused-ring (bicyclic) bond motifs is 1. The summed E-state index contributed by atoms with van der Waals surface area (Å²) in [7, 11) is 0. The molecule has 1 heterocycles. The van der Waals surface area contributed by atoms with Crippen LogP contribution in [-0.4, -0.2) is 30.2 Å². The summed E-state index contributed by atoms with van der Waals surface area (Å²) in [5.74, 6) is -0.261. The normalized spacial score (nSPS) is 11.7. The monoisotopic (exact) mass is 395 g/mol. The van der Waals surface area contributed by atoms with E-state index in [4.69, 9.17) is 19.5 Å². The Labute approximate surface area is 164 Å². The lowest BCUT2D eigenvalue weighted by molar-refractivity contribution is -0.384. The standard InChI is InChI=1S/C19H13N3O7/c20-9-13-8-14(22(25)26)3-4-15(13)21-18(23)10-27-19(24)6-2-12-1-5-16-17(7-12)29-11-28-16/h1-8H,10-11H2,(H,21,23). The van der Waals surface area contributed by atoms with Crippen LogP contribution in [0.3, 0.4) is 0 Å². The van der Waals surface area contributed by atoms with Crippen molar-refractivity contribution in [2.24, 2.45) is 0 Å². The second-order valence-corrected chi connectivity index (χ2v) is 5.70. The first-order chi connectivity index (χ1) is 14.0. The van der Waals surface area contributed by atoms with Crippen LogP contribution < -0.4 is 14.8 Å². The van der Waals surface area contributed by atoms with Gasteiger partial charge in [0, 0.05) is 18.2 Å². The number of hydrogen-bond acceptors (Lipinski definition) is 8. The van der Waals surface area contributed by atoms with E-state index in [-0.39, 0.29) is 23.7 Å². The SMILES string of the molecule is N#Cc1cc([N+](=O)[O-])ccc1NC(=O)COC(=O)C=Cc1ccc2c(c1)OCO2. The minimum absolute atomic E-state index is 0.0788. The smallest absolute Gasteiger partial charge is 0.331 e. The first-order valence-corrected chi connectivity index (χ1v) is 8.19. The zero-order valence-electron chi connectivity index (χ0n) is 14.8. The Morgan fingerprint density at radius 3 is 2.79 bits per heavy atom. The Hall–Kier alpha value is -4.39. The van der Waals surface area contributed by atoms with Crippen molar-refractivity contribution in [3.8, 4) is 17.6 Å². The maximum absolute atomic E-state index is 11.9. The van der Waals surface area contributed by atoms with Gasteiger partial charge < -0.3 is 19.5 Å². The molecule has 0 radical (unpaired) electrons. The van der Waals surface area contributed by atoms with Crippen molar-refractivity contribution in [1.82, 2.24) is 0 Å². The van der Waals surface area contributed by atoms with Crippen molar-refractivity contribution >= 4 is 29.3 Å². The molecule has 10 nitrogen and oxygen atoms in total. The van der Waals surface area contributed by atoms with Crippen LogP contribution in [0.2, 0.25) is 0 Å². The van der Waals surface area contributed by atoms with E-state index in [1.54, 1.807) is 24.3 Å². The fraction of sp³-hybridized carbons (Fsp3) is 0.105. The molecule has 0 aromatic heterocycles. The molecule has 29 heavy (non-hydrogen) atoms. The molecule has 1 N–H and O–H groups in total. The van der Waals surface area contributed by atoms with Gasteiger partial charge in [-0.15, -0.1) is 0 Å². The van der Waals surface area contributed by atoms with Crippen LogP contribution in [0.1, 0.15) is 11.1 Å². The van der Waals surface area contributed by atoms with Crippen LogP contribution in [0.15, 0.2) is 42.5 Å². The zero-order valence-corrected chi connectivity index (χ0v) is 14.8. The maximum Gasteiger partial charge on any atom is 0.331 e. The number of ether oxygens (including phenoxy) is 3. The minimum atomic E-state index is -0.748. The molecule has 1 aliphatic heterocycles. The Kier molecular flexibility index (Phi) is 5.70. The molecule has 0 unspecified atom stereocenters. The number of anilines is 1. The molecule has 0 saturated heterocycles. The molecule has 3 rings (SSSR count). The molecule has 0 atom stereocenters. The van der Waals surface area contributed by atoms with Crippen molar-refractivity contribution < 1.29 is 28.7 Å². The molecule has 0 spiro atoms. The van der Waals surface area contributed by atoms with Gasteiger partial charge in [-0.2, -0.15) is 5.26 Å². The second kappa shape index (κ2) is 8.53. The van der Waals surface area contributed by atoms with Crippen molar-refractivity contribution in [3.63, 3.8) is 0 Å². The maximum atomic E-state index is 11.9. The number of non-ortho nitro benzene ring substituents is 1. The number of benzene rings is 2. The number of nitrogens with zero attached hydrogens (tertiary/aromatic N) is 2.